The number of rotatable bonds is 4. The average molecular weight is 206 g/mol. The van der Waals surface area contributed by atoms with Crippen LogP contribution in [0.25, 0.3) is 0 Å². The van der Waals surface area contributed by atoms with E-state index in [1.807, 2.05) is 19.2 Å². The third-order valence-electron chi connectivity index (χ3n) is 2.37. The second kappa shape index (κ2) is 4.27. The number of hydrogen-bond acceptors (Lipinski definition) is 4. The van der Waals surface area contributed by atoms with E-state index >= 15 is 0 Å². The van der Waals surface area contributed by atoms with Crippen LogP contribution in [0.15, 0.2) is 29.0 Å². The first kappa shape index (κ1) is 9.92. The number of nitrogens with one attached hydrogen (secondary N) is 1. The predicted molar refractivity (Wildman–Crippen MR) is 55.0 cm³/mol. The monoisotopic (exact) mass is 206 g/mol. The SMILES string of the molecule is C[C@@H](NCc1cnnn1C)c1ccco1. The second-order valence-corrected chi connectivity index (χ2v) is 3.47. The van der Waals surface area contributed by atoms with Crippen molar-refractivity contribution in [1.82, 2.24) is 20.3 Å². The minimum Gasteiger partial charge on any atom is -0.468 e. The maximum Gasteiger partial charge on any atom is 0.120 e. The van der Waals surface area contributed by atoms with Crippen molar-refractivity contribution in [2.24, 2.45) is 7.05 Å². The van der Waals surface area contributed by atoms with Crippen LogP contribution in [0.3, 0.4) is 0 Å². The van der Waals surface area contributed by atoms with Crippen LogP contribution in [0.2, 0.25) is 0 Å². The summed E-state index contributed by atoms with van der Waals surface area (Å²) in [6, 6.07) is 4.04. The van der Waals surface area contributed by atoms with Gasteiger partial charge in [0.1, 0.15) is 5.76 Å². The molecule has 15 heavy (non-hydrogen) atoms. The molecule has 2 rings (SSSR count). The van der Waals surface area contributed by atoms with Gasteiger partial charge in [-0.3, -0.25) is 4.68 Å². The van der Waals surface area contributed by atoms with Crippen molar-refractivity contribution in [3.8, 4) is 0 Å². The van der Waals surface area contributed by atoms with Crippen molar-refractivity contribution in [1.29, 1.82) is 0 Å². The van der Waals surface area contributed by atoms with Gasteiger partial charge in [-0.25, -0.2) is 0 Å². The maximum atomic E-state index is 5.29. The quantitative estimate of drug-likeness (QED) is 0.818. The highest BCUT2D eigenvalue weighted by atomic mass is 16.3. The van der Waals surface area contributed by atoms with Crippen LogP contribution in [-0.2, 0) is 13.6 Å². The predicted octanol–water partition coefficient (Wildman–Crippen LogP) is 1.26. The van der Waals surface area contributed by atoms with Crippen molar-refractivity contribution in [3.63, 3.8) is 0 Å². The molecule has 0 bridgehead atoms. The molecular formula is C10H14N4O. The van der Waals surface area contributed by atoms with E-state index in [2.05, 4.69) is 22.6 Å². The summed E-state index contributed by atoms with van der Waals surface area (Å²) >= 11 is 0. The van der Waals surface area contributed by atoms with Gasteiger partial charge in [-0.15, -0.1) is 5.10 Å². The Labute approximate surface area is 88.1 Å². The van der Waals surface area contributed by atoms with Gasteiger partial charge >= 0.3 is 0 Å². The van der Waals surface area contributed by atoms with E-state index in [4.69, 9.17) is 4.42 Å². The van der Waals surface area contributed by atoms with Crippen molar-refractivity contribution >= 4 is 0 Å². The Morgan fingerprint density at radius 3 is 3.07 bits per heavy atom. The molecule has 0 saturated heterocycles. The molecule has 1 N–H and O–H groups in total. The lowest BCUT2D eigenvalue weighted by Crippen LogP contribution is -2.19. The Bertz CT molecular complexity index is 407. The molecular weight excluding hydrogens is 192 g/mol. The largest absolute Gasteiger partial charge is 0.468 e. The van der Waals surface area contributed by atoms with E-state index in [1.165, 1.54) is 0 Å². The lowest BCUT2D eigenvalue weighted by Gasteiger charge is -2.10. The summed E-state index contributed by atoms with van der Waals surface area (Å²) in [4.78, 5) is 0. The van der Waals surface area contributed by atoms with Gasteiger partial charge < -0.3 is 9.73 Å². The maximum absolute atomic E-state index is 5.29. The van der Waals surface area contributed by atoms with Crippen LogP contribution in [0.1, 0.15) is 24.4 Å². The van der Waals surface area contributed by atoms with Crippen molar-refractivity contribution in [2.75, 3.05) is 0 Å². The van der Waals surface area contributed by atoms with Crippen LogP contribution in [0.4, 0.5) is 0 Å². The summed E-state index contributed by atoms with van der Waals surface area (Å²) in [7, 11) is 1.88. The normalized spacial score (nSPS) is 12.9. The summed E-state index contributed by atoms with van der Waals surface area (Å²) in [5.74, 6) is 0.935. The second-order valence-electron chi connectivity index (χ2n) is 3.47. The van der Waals surface area contributed by atoms with Crippen molar-refractivity contribution in [3.05, 3.63) is 36.0 Å². The fourth-order valence-corrected chi connectivity index (χ4v) is 1.37. The van der Waals surface area contributed by atoms with E-state index in [0.717, 1.165) is 18.0 Å². The molecule has 0 aliphatic carbocycles. The van der Waals surface area contributed by atoms with Gasteiger partial charge in [0, 0.05) is 13.6 Å². The zero-order valence-corrected chi connectivity index (χ0v) is 8.84. The Morgan fingerprint density at radius 1 is 1.60 bits per heavy atom. The third kappa shape index (κ3) is 2.24. The van der Waals surface area contributed by atoms with Gasteiger partial charge in [-0.2, -0.15) is 0 Å². The van der Waals surface area contributed by atoms with Gasteiger partial charge in [0.25, 0.3) is 0 Å². The number of nitrogens with zero attached hydrogens (tertiary/aromatic N) is 3. The molecule has 0 saturated carbocycles. The first-order valence-corrected chi connectivity index (χ1v) is 4.87. The Kier molecular flexibility index (Phi) is 2.82. The first-order chi connectivity index (χ1) is 7.27. The molecule has 1 atom stereocenters. The van der Waals surface area contributed by atoms with Gasteiger partial charge in [-0.1, -0.05) is 5.21 Å². The number of furan rings is 1. The van der Waals surface area contributed by atoms with Crippen molar-refractivity contribution in [2.45, 2.75) is 19.5 Å². The molecule has 0 amide bonds. The molecule has 0 unspecified atom stereocenters. The van der Waals surface area contributed by atoms with Gasteiger partial charge in [-0.05, 0) is 19.1 Å². The summed E-state index contributed by atoms with van der Waals surface area (Å²) in [6.07, 6.45) is 3.43. The topological polar surface area (TPSA) is 55.9 Å². The molecule has 0 aliphatic rings. The zero-order valence-electron chi connectivity index (χ0n) is 8.84. The van der Waals surface area contributed by atoms with Gasteiger partial charge in [0.2, 0.25) is 0 Å². The standard InChI is InChI=1S/C10H14N4O/c1-8(10-4-3-5-15-10)11-6-9-7-12-13-14(9)2/h3-5,7-8,11H,6H2,1-2H3/t8-/m1/s1. The first-order valence-electron chi connectivity index (χ1n) is 4.87. The minimum atomic E-state index is 0.190. The van der Waals surface area contributed by atoms with Crippen molar-refractivity contribution < 1.29 is 4.42 Å². The highest BCUT2D eigenvalue weighted by Gasteiger charge is 2.08. The van der Waals surface area contributed by atoms with E-state index in [9.17, 15) is 0 Å². The summed E-state index contributed by atoms with van der Waals surface area (Å²) in [5.41, 5.74) is 1.05. The zero-order chi connectivity index (χ0) is 10.7. The molecule has 0 spiro atoms. The Hall–Kier alpha value is -1.62. The molecule has 5 nitrogen and oxygen atoms in total. The highest BCUT2D eigenvalue weighted by molar-refractivity contribution is 5.03. The van der Waals surface area contributed by atoms with E-state index in [-0.39, 0.29) is 6.04 Å². The number of aryl methyl sites for hydroxylation is 1. The fraction of sp³-hybridized carbons (Fsp3) is 0.400. The molecule has 0 fully saturated rings. The van der Waals surface area contributed by atoms with Crippen LogP contribution >= 0.6 is 0 Å². The summed E-state index contributed by atoms with van der Waals surface area (Å²) in [5, 5.41) is 11.0. The molecule has 0 aliphatic heterocycles. The highest BCUT2D eigenvalue weighted by Crippen LogP contribution is 2.12. The van der Waals surface area contributed by atoms with Crippen LogP contribution in [0.5, 0.6) is 0 Å². The Morgan fingerprint density at radius 2 is 2.47 bits per heavy atom. The number of aromatic nitrogens is 3. The molecule has 5 heteroatoms. The smallest absolute Gasteiger partial charge is 0.120 e. The molecule has 0 aromatic carbocycles. The lowest BCUT2D eigenvalue weighted by atomic mass is 10.2. The Balaban J connectivity index is 1.91. The van der Waals surface area contributed by atoms with E-state index < -0.39 is 0 Å². The summed E-state index contributed by atoms with van der Waals surface area (Å²) < 4.78 is 7.05. The van der Waals surface area contributed by atoms with Gasteiger partial charge in [0.15, 0.2) is 0 Å². The third-order valence-corrected chi connectivity index (χ3v) is 2.37. The fourth-order valence-electron chi connectivity index (χ4n) is 1.37. The minimum absolute atomic E-state index is 0.190. The van der Waals surface area contributed by atoms with E-state index in [1.54, 1.807) is 17.1 Å². The van der Waals surface area contributed by atoms with E-state index in [0.29, 0.717) is 0 Å². The molecule has 0 radical (unpaired) electrons. The molecule has 2 aromatic rings. The molecule has 80 valence electrons. The number of hydrogen-bond donors (Lipinski definition) is 1. The van der Waals surface area contributed by atoms with Gasteiger partial charge in [0.05, 0.1) is 24.2 Å². The molecule has 2 aromatic heterocycles. The van der Waals surface area contributed by atoms with Crippen LogP contribution < -0.4 is 5.32 Å². The summed E-state index contributed by atoms with van der Waals surface area (Å²) in [6.45, 7) is 2.79. The average Bonchev–Trinajstić information content (AvgIpc) is 2.85. The van der Waals surface area contributed by atoms with Crippen LogP contribution in [-0.4, -0.2) is 15.0 Å². The lowest BCUT2D eigenvalue weighted by molar-refractivity contribution is 0.425. The molecule has 2 heterocycles. The van der Waals surface area contributed by atoms with Crippen LogP contribution in [0, 0.1) is 0 Å².